The number of aromatic nitrogens is 2. The smallest absolute Gasteiger partial charge is 0.271 e. The van der Waals surface area contributed by atoms with Crippen LogP contribution in [0, 0.1) is 18.3 Å². The maximum atomic E-state index is 12.0. The van der Waals surface area contributed by atoms with Crippen LogP contribution in [-0.4, -0.2) is 15.8 Å². The summed E-state index contributed by atoms with van der Waals surface area (Å²) in [5, 5.41) is 9.08. The molecular weight excluding hydrogens is 242 g/mol. The van der Waals surface area contributed by atoms with E-state index in [4.69, 9.17) is 5.26 Å². The Morgan fingerprint density at radius 3 is 2.81 bits per heavy atom. The van der Waals surface area contributed by atoms with Gasteiger partial charge in [-0.25, -0.2) is 4.98 Å². The summed E-state index contributed by atoms with van der Waals surface area (Å²) in [5.41, 5.74) is 0.982. The Hall–Kier alpha value is -1.32. The van der Waals surface area contributed by atoms with Gasteiger partial charge in [0.15, 0.2) is 0 Å². The standard InChI is InChI=1S/C10H9N3OS2/c1-5-12-7-6(4-11)10(15-3)16-8(7)9(14)13(5)2/h1-3H3. The molecule has 0 aliphatic heterocycles. The lowest BCUT2D eigenvalue weighted by Gasteiger charge is -2.01. The Bertz CT molecular complexity index is 663. The molecule has 0 bridgehead atoms. The minimum absolute atomic E-state index is 0.0794. The van der Waals surface area contributed by atoms with E-state index >= 15 is 0 Å². The average molecular weight is 251 g/mol. The highest BCUT2D eigenvalue weighted by atomic mass is 32.2. The number of fused-ring (bicyclic) bond motifs is 1. The lowest BCUT2D eigenvalue weighted by Crippen LogP contribution is -2.19. The maximum Gasteiger partial charge on any atom is 0.271 e. The highest BCUT2D eigenvalue weighted by Crippen LogP contribution is 2.33. The third-order valence-electron chi connectivity index (χ3n) is 2.41. The van der Waals surface area contributed by atoms with Crippen LogP contribution in [0.15, 0.2) is 9.00 Å². The summed E-state index contributed by atoms with van der Waals surface area (Å²) in [6.07, 6.45) is 1.89. The van der Waals surface area contributed by atoms with Crippen molar-refractivity contribution >= 4 is 33.3 Å². The van der Waals surface area contributed by atoms with Gasteiger partial charge in [-0.05, 0) is 13.2 Å². The predicted octanol–water partition coefficient (Wildman–Crippen LogP) is 1.90. The number of aryl methyl sites for hydroxylation is 1. The van der Waals surface area contributed by atoms with Gasteiger partial charge in [-0.1, -0.05) is 0 Å². The second-order valence-electron chi connectivity index (χ2n) is 3.28. The SMILES string of the molecule is CSc1sc2c(=O)n(C)c(C)nc2c1C#N. The van der Waals surface area contributed by atoms with E-state index in [2.05, 4.69) is 11.1 Å². The van der Waals surface area contributed by atoms with Crippen molar-refractivity contribution in [3.8, 4) is 6.07 Å². The second kappa shape index (κ2) is 3.92. The van der Waals surface area contributed by atoms with Gasteiger partial charge in [0.2, 0.25) is 0 Å². The molecule has 0 saturated carbocycles. The number of hydrogen-bond donors (Lipinski definition) is 0. The predicted molar refractivity (Wildman–Crippen MR) is 66.1 cm³/mol. The van der Waals surface area contributed by atoms with Crippen LogP contribution in [0.1, 0.15) is 11.4 Å². The first-order chi connectivity index (χ1) is 7.60. The van der Waals surface area contributed by atoms with Crippen molar-refractivity contribution in [3.05, 3.63) is 21.7 Å². The molecule has 0 N–H and O–H groups in total. The molecule has 0 atom stereocenters. The van der Waals surface area contributed by atoms with Crippen LogP contribution in [0.25, 0.3) is 10.2 Å². The van der Waals surface area contributed by atoms with Crippen molar-refractivity contribution < 1.29 is 0 Å². The lowest BCUT2D eigenvalue weighted by atomic mass is 10.3. The minimum Gasteiger partial charge on any atom is -0.299 e. The number of hydrogen-bond acceptors (Lipinski definition) is 5. The molecule has 2 aromatic rings. The van der Waals surface area contributed by atoms with E-state index in [1.54, 1.807) is 14.0 Å². The zero-order valence-electron chi connectivity index (χ0n) is 9.07. The molecule has 0 aliphatic carbocycles. The highest BCUT2D eigenvalue weighted by molar-refractivity contribution is 8.00. The summed E-state index contributed by atoms with van der Waals surface area (Å²) >= 11 is 2.82. The fourth-order valence-corrected chi connectivity index (χ4v) is 3.26. The van der Waals surface area contributed by atoms with Crippen molar-refractivity contribution in [2.45, 2.75) is 11.1 Å². The molecule has 0 aliphatic rings. The first-order valence-electron chi connectivity index (χ1n) is 4.54. The lowest BCUT2D eigenvalue weighted by molar-refractivity contribution is 0.794. The third-order valence-corrected chi connectivity index (χ3v) is 4.69. The molecule has 0 saturated heterocycles. The summed E-state index contributed by atoms with van der Waals surface area (Å²) in [4.78, 5) is 16.3. The molecule has 6 heteroatoms. The van der Waals surface area contributed by atoms with Crippen LogP contribution >= 0.6 is 23.1 Å². The molecule has 0 fully saturated rings. The van der Waals surface area contributed by atoms with Gasteiger partial charge in [-0.15, -0.1) is 23.1 Å². The van der Waals surface area contributed by atoms with E-state index in [-0.39, 0.29) is 5.56 Å². The second-order valence-corrected chi connectivity index (χ2v) is 5.38. The van der Waals surface area contributed by atoms with E-state index < -0.39 is 0 Å². The Balaban J connectivity index is 3.01. The molecule has 0 radical (unpaired) electrons. The van der Waals surface area contributed by atoms with Gasteiger partial charge in [0, 0.05) is 7.05 Å². The van der Waals surface area contributed by atoms with E-state index in [9.17, 15) is 4.79 Å². The topological polar surface area (TPSA) is 58.7 Å². The van der Waals surface area contributed by atoms with Gasteiger partial charge in [0.05, 0.1) is 4.21 Å². The monoisotopic (exact) mass is 251 g/mol. The Labute approximate surface area is 101 Å². The summed E-state index contributed by atoms with van der Waals surface area (Å²) < 4.78 is 2.92. The van der Waals surface area contributed by atoms with Crippen molar-refractivity contribution in [2.24, 2.45) is 7.05 Å². The zero-order chi connectivity index (χ0) is 11.9. The largest absolute Gasteiger partial charge is 0.299 e. The van der Waals surface area contributed by atoms with E-state index in [0.717, 1.165) is 4.21 Å². The normalized spacial score (nSPS) is 10.6. The van der Waals surface area contributed by atoms with Crippen molar-refractivity contribution in [2.75, 3.05) is 6.26 Å². The van der Waals surface area contributed by atoms with E-state index in [1.807, 2.05) is 6.26 Å². The van der Waals surface area contributed by atoms with Crippen molar-refractivity contribution in [1.29, 1.82) is 5.26 Å². The van der Waals surface area contributed by atoms with Gasteiger partial charge >= 0.3 is 0 Å². The average Bonchev–Trinajstić information content (AvgIpc) is 2.63. The molecule has 4 nitrogen and oxygen atoms in total. The van der Waals surface area contributed by atoms with Crippen molar-refractivity contribution in [3.63, 3.8) is 0 Å². The molecule has 0 aromatic carbocycles. The molecule has 2 heterocycles. The molecule has 16 heavy (non-hydrogen) atoms. The van der Waals surface area contributed by atoms with Crippen LogP contribution in [0.2, 0.25) is 0 Å². The fourth-order valence-electron chi connectivity index (χ4n) is 1.43. The van der Waals surface area contributed by atoms with Crippen LogP contribution in [-0.2, 0) is 7.05 Å². The molecule has 2 rings (SSSR count). The number of nitrogens with zero attached hydrogens (tertiary/aromatic N) is 3. The molecule has 2 aromatic heterocycles. The number of nitriles is 1. The Kier molecular flexibility index (Phi) is 2.74. The van der Waals surface area contributed by atoms with Crippen LogP contribution in [0.3, 0.4) is 0 Å². The highest BCUT2D eigenvalue weighted by Gasteiger charge is 2.16. The number of thioether (sulfide) groups is 1. The summed E-state index contributed by atoms with van der Waals surface area (Å²) in [5.74, 6) is 0.624. The molecule has 0 amide bonds. The summed E-state index contributed by atoms with van der Waals surface area (Å²) in [6.45, 7) is 1.76. The van der Waals surface area contributed by atoms with Gasteiger partial charge in [0.25, 0.3) is 5.56 Å². The quantitative estimate of drug-likeness (QED) is 0.726. The van der Waals surface area contributed by atoms with Crippen LogP contribution in [0.4, 0.5) is 0 Å². The summed E-state index contributed by atoms with van der Waals surface area (Å²) in [6, 6.07) is 2.12. The van der Waals surface area contributed by atoms with E-state index in [1.165, 1.54) is 27.7 Å². The van der Waals surface area contributed by atoms with E-state index in [0.29, 0.717) is 21.6 Å². The molecular formula is C10H9N3OS2. The Morgan fingerprint density at radius 2 is 2.25 bits per heavy atom. The molecule has 0 spiro atoms. The summed E-state index contributed by atoms with van der Waals surface area (Å²) in [7, 11) is 1.69. The first-order valence-corrected chi connectivity index (χ1v) is 6.58. The molecule has 82 valence electrons. The maximum absolute atomic E-state index is 12.0. The van der Waals surface area contributed by atoms with Gasteiger partial charge in [-0.2, -0.15) is 5.26 Å². The van der Waals surface area contributed by atoms with Crippen LogP contribution < -0.4 is 5.56 Å². The first kappa shape index (κ1) is 11.2. The van der Waals surface area contributed by atoms with Gasteiger partial charge in [-0.3, -0.25) is 9.36 Å². The number of rotatable bonds is 1. The number of thiophene rings is 1. The van der Waals surface area contributed by atoms with Gasteiger partial charge < -0.3 is 0 Å². The fraction of sp³-hybridized carbons (Fsp3) is 0.300. The Morgan fingerprint density at radius 1 is 1.56 bits per heavy atom. The molecule has 0 unspecified atom stereocenters. The van der Waals surface area contributed by atoms with Gasteiger partial charge in [0.1, 0.15) is 27.7 Å². The van der Waals surface area contributed by atoms with Crippen LogP contribution in [0.5, 0.6) is 0 Å². The zero-order valence-corrected chi connectivity index (χ0v) is 10.7. The third kappa shape index (κ3) is 1.44. The van der Waals surface area contributed by atoms with Crippen molar-refractivity contribution in [1.82, 2.24) is 9.55 Å². The minimum atomic E-state index is -0.0794.